The minimum absolute atomic E-state index is 0.124. The van der Waals surface area contributed by atoms with Crippen LogP contribution in [0, 0.1) is 0 Å². The summed E-state index contributed by atoms with van der Waals surface area (Å²) < 4.78 is 238. The predicted octanol–water partition coefficient (Wildman–Crippen LogP) is 9.70. The van der Waals surface area contributed by atoms with Crippen LogP contribution in [-0.4, -0.2) is 67.4 Å². The molecule has 0 aliphatic carbocycles. The smallest absolute Gasteiger partial charge is 0.460 e. The van der Waals surface area contributed by atoms with Gasteiger partial charge in [0.05, 0.1) is 7.11 Å². The highest BCUT2D eigenvalue weighted by Crippen LogP contribution is 2.64. The zero-order valence-electron chi connectivity index (χ0n) is 23.5. The number of aryl methyl sites for hydroxylation is 1. The van der Waals surface area contributed by atoms with Gasteiger partial charge in [0.25, 0.3) is 0 Å². The minimum Gasteiger partial charge on any atom is -0.493 e. The lowest BCUT2D eigenvalue weighted by molar-refractivity contribution is -0.461. The van der Waals surface area contributed by atoms with E-state index < -0.39 is 73.0 Å². The Hall–Kier alpha value is -2.90. The first-order valence-corrected chi connectivity index (χ1v) is 12.9. The molecule has 0 aromatic heterocycles. The lowest BCUT2D eigenvalue weighted by Crippen LogP contribution is -2.74. The number of hydrogen-bond acceptors (Lipinski definition) is 3. The first kappa shape index (κ1) is 41.1. The lowest BCUT2D eigenvalue weighted by atomic mass is 9.87. The number of carbonyl (C=O) groups is 1. The Morgan fingerprint density at radius 2 is 1.15 bits per heavy atom. The quantitative estimate of drug-likeness (QED) is 0.129. The number of hydrogen-bond donors (Lipinski definition) is 1. The second-order valence-electron chi connectivity index (χ2n) is 9.86. The fraction of sp³-hybridized carbons (Fsp3) is 0.720. The summed E-state index contributed by atoms with van der Waals surface area (Å²) in [4.78, 5) is 11.9. The molecule has 4 nitrogen and oxygen atoms in total. The van der Waals surface area contributed by atoms with E-state index in [1.807, 2.05) is 6.92 Å². The highest BCUT2D eigenvalue weighted by atomic mass is 19.4. The molecule has 0 saturated carbocycles. The van der Waals surface area contributed by atoms with Crippen LogP contribution in [0.15, 0.2) is 18.2 Å². The van der Waals surface area contributed by atoms with E-state index in [-0.39, 0.29) is 23.6 Å². The number of rotatable bonds is 17. The zero-order valence-corrected chi connectivity index (χ0v) is 23.5. The van der Waals surface area contributed by atoms with Crippen molar-refractivity contribution in [3.63, 3.8) is 0 Å². The second-order valence-corrected chi connectivity index (χ2v) is 9.86. The summed E-state index contributed by atoms with van der Waals surface area (Å²) in [5.41, 5.74) is -0.124. The summed E-state index contributed by atoms with van der Waals surface area (Å²) in [5, 5.41) is 2.41. The van der Waals surface area contributed by atoms with Crippen molar-refractivity contribution in [3.8, 4) is 11.5 Å². The molecule has 0 radical (unpaired) electrons. The number of carbonyl (C=O) groups excluding carboxylic acids is 1. The lowest BCUT2D eigenvalue weighted by Gasteiger charge is -2.42. The SMILES string of the molecule is CCCCCCNC(=O)Oc1ccc(CCCC(F)(F)C(F)(F)C(F)(F)C(F)(F)C(F)(F)C(F)(F)C(F)(F)C(F)(F)F)cc1OC. The van der Waals surface area contributed by atoms with Crippen molar-refractivity contribution in [1.29, 1.82) is 0 Å². The van der Waals surface area contributed by atoms with Crippen molar-refractivity contribution < 1.29 is 88.9 Å². The Morgan fingerprint density at radius 3 is 1.63 bits per heavy atom. The van der Waals surface area contributed by atoms with Gasteiger partial charge < -0.3 is 14.8 Å². The maximum Gasteiger partial charge on any atom is 0.460 e. The molecule has 46 heavy (non-hydrogen) atoms. The predicted molar refractivity (Wildman–Crippen MR) is 125 cm³/mol. The Bertz CT molecular complexity index is 1170. The topological polar surface area (TPSA) is 47.6 Å². The fourth-order valence-corrected chi connectivity index (χ4v) is 3.70. The molecule has 0 atom stereocenters. The number of nitrogens with one attached hydrogen (secondary N) is 1. The molecule has 0 fully saturated rings. The van der Waals surface area contributed by atoms with Gasteiger partial charge >= 0.3 is 53.7 Å². The van der Waals surface area contributed by atoms with Crippen molar-refractivity contribution in [2.45, 2.75) is 99.5 Å². The molecular weight excluding hydrogens is 685 g/mol. The maximum atomic E-state index is 14.1. The van der Waals surface area contributed by atoms with E-state index in [0.717, 1.165) is 44.6 Å². The third-order valence-corrected chi connectivity index (χ3v) is 6.47. The molecule has 0 unspecified atom stereocenters. The van der Waals surface area contributed by atoms with E-state index in [9.17, 15) is 79.4 Å². The van der Waals surface area contributed by atoms with Gasteiger partial charge in [0.1, 0.15) is 0 Å². The molecular formula is C25H26F17NO3. The standard InChI is InChI=1S/C25H26F17NO3/c1-3-4-5-6-12-43-17(44)46-15-10-9-14(13-16(15)45-2)8-7-11-18(26,27)19(28,29)20(30,31)21(32,33)22(34,35)23(36,37)24(38,39)25(40,41)42/h9-10,13H,3-8,11-12H2,1-2H3,(H,43,44). The van der Waals surface area contributed by atoms with Crippen LogP contribution in [-0.2, 0) is 6.42 Å². The number of amides is 1. The molecule has 0 saturated heterocycles. The van der Waals surface area contributed by atoms with Crippen LogP contribution in [0.4, 0.5) is 79.4 Å². The van der Waals surface area contributed by atoms with E-state index in [1.54, 1.807) is 0 Å². The first-order chi connectivity index (χ1) is 20.6. The summed E-state index contributed by atoms with van der Waals surface area (Å²) in [7, 11) is 1.04. The first-order valence-electron chi connectivity index (χ1n) is 12.9. The normalized spacial score (nSPS) is 14.3. The third kappa shape index (κ3) is 7.62. The molecule has 1 rings (SSSR count). The Balaban J connectivity index is 3.12. The van der Waals surface area contributed by atoms with E-state index in [4.69, 9.17) is 9.47 Å². The molecule has 1 amide bonds. The number of ether oxygens (including phenoxy) is 2. The van der Waals surface area contributed by atoms with Gasteiger partial charge in [0.15, 0.2) is 11.5 Å². The Kier molecular flexibility index (Phi) is 12.6. The van der Waals surface area contributed by atoms with Gasteiger partial charge in [-0.1, -0.05) is 32.3 Å². The van der Waals surface area contributed by atoms with Gasteiger partial charge in [-0.05, 0) is 37.0 Å². The molecule has 0 bridgehead atoms. The minimum atomic E-state index is -8.66. The average molecular weight is 711 g/mol. The monoisotopic (exact) mass is 711 g/mol. The van der Waals surface area contributed by atoms with Gasteiger partial charge in [-0.15, -0.1) is 0 Å². The van der Waals surface area contributed by atoms with Crippen molar-refractivity contribution in [1.82, 2.24) is 5.32 Å². The summed E-state index contributed by atoms with van der Waals surface area (Å²) in [6.45, 7) is 2.19. The van der Waals surface area contributed by atoms with Crippen molar-refractivity contribution in [3.05, 3.63) is 23.8 Å². The molecule has 21 heteroatoms. The van der Waals surface area contributed by atoms with Crippen molar-refractivity contribution in [2.75, 3.05) is 13.7 Å². The molecule has 1 aromatic rings. The largest absolute Gasteiger partial charge is 0.493 e. The summed E-state index contributed by atoms with van der Waals surface area (Å²) in [5.74, 6) is -57.0. The number of halogens is 17. The van der Waals surface area contributed by atoms with E-state index in [1.165, 1.54) is 0 Å². The zero-order chi connectivity index (χ0) is 36.2. The average Bonchev–Trinajstić information content (AvgIpc) is 2.92. The van der Waals surface area contributed by atoms with Crippen molar-refractivity contribution >= 4 is 6.09 Å². The Labute approximate surface area is 249 Å². The van der Waals surface area contributed by atoms with E-state index >= 15 is 0 Å². The number of alkyl halides is 17. The molecule has 1 aromatic carbocycles. The fourth-order valence-electron chi connectivity index (χ4n) is 3.70. The van der Waals surface area contributed by atoms with Crippen LogP contribution in [0.3, 0.4) is 0 Å². The summed E-state index contributed by atoms with van der Waals surface area (Å²) in [6, 6.07) is 3.02. The molecule has 0 spiro atoms. The molecule has 1 N–H and O–H groups in total. The van der Waals surface area contributed by atoms with E-state index in [0.29, 0.717) is 6.42 Å². The van der Waals surface area contributed by atoms with Gasteiger partial charge in [-0.25, -0.2) is 4.79 Å². The molecule has 0 aliphatic rings. The molecule has 268 valence electrons. The number of methoxy groups -OCH3 is 1. The van der Waals surface area contributed by atoms with Gasteiger partial charge in [-0.2, -0.15) is 74.6 Å². The van der Waals surface area contributed by atoms with Crippen molar-refractivity contribution in [2.24, 2.45) is 0 Å². The highest BCUT2D eigenvalue weighted by molar-refractivity contribution is 5.71. The van der Waals surface area contributed by atoms with E-state index in [2.05, 4.69) is 5.32 Å². The summed E-state index contributed by atoms with van der Waals surface area (Å²) >= 11 is 0. The molecule has 0 aliphatic heterocycles. The number of unbranched alkanes of at least 4 members (excludes halogenated alkanes) is 3. The number of benzene rings is 1. The van der Waals surface area contributed by atoms with Crippen LogP contribution in [0.5, 0.6) is 11.5 Å². The van der Waals surface area contributed by atoms with Gasteiger partial charge in [0.2, 0.25) is 0 Å². The van der Waals surface area contributed by atoms with Gasteiger partial charge in [-0.3, -0.25) is 0 Å². The maximum absolute atomic E-state index is 14.1. The highest BCUT2D eigenvalue weighted by Gasteiger charge is 2.95. The van der Waals surface area contributed by atoms with Crippen LogP contribution >= 0.6 is 0 Å². The second kappa shape index (κ2) is 14.1. The van der Waals surface area contributed by atoms with Crippen LogP contribution in [0.2, 0.25) is 0 Å². The van der Waals surface area contributed by atoms with Crippen LogP contribution in [0.1, 0.15) is 51.0 Å². The third-order valence-electron chi connectivity index (χ3n) is 6.47. The van der Waals surface area contributed by atoms with Crippen LogP contribution in [0.25, 0.3) is 0 Å². The van der Waals surface area contributed by atoms with Crippen LogP contribution < -0.4 is 14.8 Å². The summed E-state index contributed by atoms with van der Waals surface area (Å²) in [6.07, 6.45) is -10.2. The van der Waals surface area contributed by atoms with Gasteiger partial charge in [0, 0.05) is 13.0 Å². The molecule has 0 heterocycles. The Morgan fingerprint density at radius 1 is 0.652 bits per heavy atom.